The highest BCUT2D eigenvalue weighted by atomic mass is 127. The van der Waals surface area contributed by atoms with Crippen molar-refractivity contribution in [3.05, 3.63) is 35.1 Å². The summed E-state index contributed by atoms with van der Waals surface area (Å²) in [4.78, 5) is 6.73. The van der Waals surface area contributed by atoms with Gasteiger partial charge in [-0.15, -0.1) is 24.0 Å². The molecule has 2 rings (SSSR count). The molecule has 0 amide bonds. The number of nitrogens with one attached hydrogen (secondary N) is 2. The van der Waals surface area contributed by atoms with Crippen LogP contribution in [-0.4, -0.2) is 62.8 Å². The zero-order valence-corrected chi connectivity index (χ0v) is 19.3. The van der Waals surface area contributed by atoms with Crippen LogP contribution in [0.5, 0.6) is 0 Å². The van der Waals surface area contributed by atoms with Crippen molar-refractivity contribution in [2.75, 3.05) is 39.8 Å². The molecule has 2 N–H and O–H groups in total. The zero-order valence-electron chi connectivity index (χ0n) is 16.9. The maximum absolute atomic E-state index is 13.1. The second-order valence-corrected chi connectivity index (χ2v) is 7.12. The van der Waals surface area contributed by atoms with Crippen molar-refractivity contribution >= 4 is 29.9 Å². The molecule has 0 saturated carbocycles. The summed E-state index contributed by atoms with van der Waals surface area (Å²) in [5.41, 5.74) is 2.15. The Balaban J connectivity index is 0.00000364. The van der Waals surface area contributed by atoms with Gasteiger partial charge in [0.2, 0.25) is 0 Å². The maximum atomic E-state index is 13.1. The smallest absolute Gasteiger partial charge is 0.190 e. The summed E-state index contributed by atoms with van der Waals surface area (Å²) in [6.07, 6.45) is 2.54. The topological polar surface area (TPSA) is 48.9 Å². The maximum Gasteiger partial charge on any atom is 0.190 e. The van der Waals surface area contributed by atoms with Crippen molar-refractivity contribution in [2.24, 2.45) is 4.99 Å². The van der Waals surface area contributed by atoms with E-state index >= 15 is 0 Å². The van der Waals surface area contributed by atoms with Crippen molar-refractivity contribution in [3.8, 4) is 0 Å². The fourth-order valence-electron chi connectivity index (χ4n) is 3.45. The number of aliphatic imine (C=N–C) groups is 1. The third-order valence-electron chi connectivity index (χ3n) is 4.65. The molecule has 0 aliphatic carbocycles. The number of ether oxygens (including phenoxy) is 1. The van der Waals surface area contributed by atoms with Gasteiger partial charge in [-0.1, -0.05) is 6.07 Å². The number of morpholine rings is 1. The van der Waals surface area contributed by atoms with Gasteiger partial charge in [0.25, 0.3) is 0 Å². The number of guanidine groups is 1. The fourth-order valence-corrected chi connectivity index (χ4v) is 3.45. The third-order valence-corrected chi connectivity index (χ3v) is 4.65. The van der Waals surface area contributed by atoms with Crippen LogP contribution in [0.2, 0.25) is 0 Å². The van der Waals surface area contributed by atoms with E-state index < -0.39 is 0 Å². The lowest BCUT2D eigenvalue weighted by Crippen LogP contribution is -2.46. The van der Waals surface area contributed by atoms with Crippen molar-refractivity contribution in [3.63, 3.8) is 0 Å². The SMILES string of the molecule is CN=C(NCCCN1CC(C)OC(C)C1)NCCc1ccc(F)cc1C.I. The lowest BCUT2D eigenvalue weighted by Gasteiger charge is -2.35. The molecule has 0 aromatic heterocycles. The molecule has 5 nitrogen and oxygen atoms in total. The Kier molecular flexibility index (Phi) is 11.2. The molecular formula is C20H34FIN4O. The average Bonchev–Trinajstić information content (AvgIpc) is 2.58. The van der Waals surface area contributed by atoms with Gasteiger partial charge >= 0.3 is 0 Å². The molecule has 0 radical (unpaired) electrons. The Morgan fingerprint density at radius 1 is 1.22 bits per heavy atom. The minimum absolute atomic E-state index is 0. The Morgan fingerprint density at radius 2 is 1.89 bits per heavy atom. The number of nitrogens with zero attached hydrogens (tertiary/aromatic N) is 2. The van der Waals surface area contributed by atoms with E-state index in [9.17, 15) is 4.39 Å². The summed E-state index contributed by atoms with van der Waals surface area (Å²) in [6, 6.07) is 4.95. The number of hydrogen-bond donors (Lipinski definition) is 2. The standard InChI is InChI=1S/C20H33FN4O.HI/c1-15-12-19(21)7-6-18(15)8-10-24-20(22-4)23-9-5-11-25-13-16(2)26-17(3)14-25;/h6-7,12,16-17H,5,8-11,13-14H2,1-4H3,(H2,22,23,24);1H. The van der Waals surface area contributed by atoms with E-state index in [4.69, 9.17) is 4.74 Å². The van der Waals surface area contributed by atoms with Crippen LogP contribution in [0.3, 0.4) is 0 Å². The van der Waals surface area contributed by atoms with Crippen LogP contribution < -0.4 is 10.6 Å². The first-order valence-electron chi connectivity index (χ1n) is 9.55. The predicted octanol–water partition coefficient (Wildman–Crippen LogP) is 2.96. The number of hydrogen-bond acceptors (Lipinski definition) is 3. The van der Waals surface area contributed by atoms with Crippen molar-refractivity contribution in [2.45, 2.75) is 45.8 Å². The van der Waals surface area contributed by atoms with Crippen LogP contribution in [0, 0.1) is 12.7 Å². The number of halogens is 2. The lowest BCUT2D eigenvalue weighted by atomic mass is 10.1. The highest BCUT2D eigenvalue weighted by Gasteiger charge is 2.21. The van der Waals surface area contributed by atoms with Crippen LogP contribution in [0.15, 0.2) is 23.2 Å². The summed E-state index contributed by atoms with van der Waals surface area (Å²) in [6.45, 7) is 10.9. The predicted molar refractivity (Wildman–Crippen MR) is 121 cm³/mol. The molecule has 154 valence electrons. The van der Waals surface area contributed by atoms with E-state index in [0.717, 1.165) is 62.7 Å². The van der Waals surface area contributed by atoms with Gasteiger partial charge in [0.15, 0.2) is 5.96 Å². The van der Waals surface area contributed by atoms with E-state index in [0.29, 0.717) is 12.2 Å². The highest BCUT2D eigenvalue weighted by Crippen LogP contribution is 2.11. The van der Waals surface area contributed by atoms with E-state index in [1.54, 1.807) is 13.1 Å². The summed E-state index contributed by atoms with van der Waals surface area (Å²) in [5.74, 6) is 0.634. The van der Waals surface area contributed by atoms with E-state index in [2.05, 4.69) is 34.4 Å². The first-order valence-corrected chi connectivity index (χ1v) is 9.55. The Labute approximate surface area is 180 Å². The molecule has 2 unspecified atom stereocenters. The molecule has 1 heterocycles. The van der Waals surface area contributed by atoms with Gasteiger partial charge in [-0.3, -0.25) is 9.89 Å². The second-order valence-electron chi connectivity index (χ2n) is 7.12. The molecular weight excluding hydrogens is 458 g/mol. The number of aryl methyl sites for hydroxylation is 1. The minimum atomic E-state index is -0.180. The van der Waals surface area contributed by atoms with Gasteiger partial charge in [0.1, 0.15) is 5.82 Å². The van der Waals surface area contributed by atoms with Gasteiger partial charge < -0.3 is 15.4 Å². The van der Waals surface area contributed by atoms with Crippen LogP contribution in [0.25, 0.3) is 0 Å². The van der Waals surface area contributed by atoms with Crippen LogP contribution in [0.4, 0.5) is 4.39 Å². The Hall–Kier alpha value is -0.930. The zero-order chi connectivity index (χ0) is 18.9. The molecule has 0 spiro atoms. The Bertz CT molecular complexity index is 589. The number of benzene rings is 1. The van der Waals surface area contributed by atoms with Gasteiger partial charge in [0, 0.05) is 39.8 Å². The van der Waals surface area contributed by atoms with Crippen molar-refractivity contribution < 1.29 is 9.13 Å². The molecule has 1 aromatic carbocycles. The van der Waals surface area contributed by atoms with Crippen molar-refractivity contribution in [1.82, 2.24) is 15.5 Å². The summed E-state index contributed by atoms with van der Waals surface area (Å²) >= 11 is 0. The van der Waals surface area contributed by atoms with Gasteiger partial charge in [0.05, 0.1) is 12.2 Å². The van der Waals surface area contributed by atoms with Crippen LogP contribution in [0.1, 0.15) is 31.4 Å². The minimum Gasteiger partial charge on any atom is -0.373 e. The molecule has 1 fully saturated rings. The molecule has 1 aliphatic rings. The van der Waals surface area contributed by atoms with E-state index in [1.165, 1.54) is 6.07 Å². The van der Waals surface area contributed by atoms with E-state index in [-0.39, 0.29) is 29.8 Å². The molecule has 1 saturated heterocycles. The third kappa shape index (κ3) is 8.74. The number of rotatable bonds is 7. The lowest BCUT2D eigenvalue weighted by molar-refractivity contribution is -0.0679. The quantitative estimate of drug-likeness (QED) is 0.266. The summed E-state index contributed by atoms with van der Waals surface area (Å²) in [5, 5.41) is 6.69. The first kappa shape index (κ1) is 24.1. The molecule has 0 bridgehead atoms. The summed E-state index contributed by atoms with van der Waals surface area (Å²) < 4.78 is 18.9. The fraction of sp³-hybridized carbons (Fsp3) is 0.650. The average molecular weight is 492 g/mol. The first-order chi connectivity index (χ1) is 12.5. The Morgan fingerprint density at radius 3 is 2.52 bits per heavy atom. The normalized spacial score (nSPS) is 20.9. The van der Waals surface area contributed by atoms with Crippen LogP contribution in [-0.2, 0) is 11.2 Å². The largest absolute Gasteiger partial charge is 0.373 e. The van der Waals surface area contributed by atoms with Crippen LogP contribution >= 0.6 is 24.0 Å². The monoisotopic (exact) mass is 492 g/mol. The molecule has 2 atom stereocenters. The molecule has 27 heavy (non-hydrogen) atoms. The second kappa shape index (κ2) is 12.5. The van der Waals surface area contributed by atoms with Crippen molar-refractivity contribution in [1.29, 1.82) is 0 Å². The molecule has 1 aromatic rings. The summed E-state index contributed by atoms with van der Waals surface area (Å²) in [7, 11) is 1.78. The highest BCUT2D eigenvalue weighted by molar-refractivity contribution is 14.0. The van der Waals surface area contributed by atoms with Gasteiger partial charge in [-0.2, -0.15) is 0 Å². The molecule has 7 heteroatoms. The van der Waals surface area contributed by atoms with Gasteiger partial charge in [-0.05, 0) is 56.9 Å². The van der Waals surface area contributed by atoms with E-state index in [1.807, 2.05) is 13.0 Å². The molecule has 1 aliphatic heterocycles. The van der Waals surface area contributed by atoms with Gasteiger partial charge in [-0.25, -0.2) is 4.39 Å².